The maximum Gasteiger partial charge on any atom is 0.163 e. The predicted molar refractivity (Wildman–Crippen MR) is 103 cm³/mol. The molecule has 1 aromatic heterocycles. The number of nitrogens with one attached hydrogen (secondary N) is 1. The second kappa shape index (κ2) is 7.21. The molecule has 0 aliphatic rings. The summed E-state index contributed by atoms with van der Waals surface area (Å²) in [6.07, 6.45) is 3.65. The van der Waals surface area contributed by atoms with E-state index >= 15 is 0 Å². The maximum atomic E-state index is 13.5. The van der Waals surface area contributed by atoms with E-state index < -0.39 is 0 Å². The molecule has 0 aliphatic carbocycles. The van der Waals surface area contributed by atoms with Gasteiger partial charge in [-0.05, 0) is 42.3 Å². The molecule has 1 N–H and O–H groups in total. The highest BCUT2D eigenvalue weighted by Gasteiger charge is 2.10. The quantitative estimate of drug-likeness (QED) is 0.710. The van der Waals surface area contributed by atoms with Gasteiger partial charge in [-0.3, -0.25) is 4.99 Å². The van der Waals surface area contributed by atoms with Crippen molar-refractivity contribution in [1.82, 2.24) is 9.97 Å². The van der Waals surface area contributed by atoms with E-state index in [-0.39, 0.29) is 5.82 Å². The third kappa shape index (κ3) is 3.40. The smallest absolute Gasteiger partial charge is 0.163 e. The van der Waals surface area contributed by atoms with Crippen molar-refractivity contribution in [2.75, 3.05) is 19.4 Å². The number of fused-ring (bicyclic) bond motifs is 1. The van der Waals surface area contributed by atoms with Crippen molar-refractivity contribution in [2.24, 2.45) is 4.99 Å². The van der Waals surface area contributed by atoms with Gasteiger partial charge in [-0.2, -0.15) is 0 Å². The summed E-state index contributed by atoms with van der Waals surface area (Å²) in [5.74, 6) is 1.09. The fourth-order valence-electron chi connectivity index (χ4n) is 2.70. The van der Waals surface area contributed by atoms with Crippen LogP contribution in [0.25, 0.3) is 27.6 Å². The minimum Gasteiger partial charge on any atom is -0.373 e. The molecule has 3 rings (SSSR count). The van der Waals surface area contributed by atoms with E-state index in [0.717, 1.165) is 33.4 Å². The molecule has 0 radical (unpaired) electrons. The summed E-state index contributed by atoms with van der Waals surface area (Å²) in [5, 5.41) is 4.03. The highest BCUT2D eigenvalue weighted by molar-refractivity contribution is 6.09. The average Bonchev–Trinajstić information content (AvgIpc) is 2.64. The first-order valence-electron chi connectivity index (χ1n) is 8.00. The van der Waals surface area contributed by atoms with Crippen LogP contribution in [0.15, 0.2) is 53.5 Å². The molecule has 1 heterocycles. The van der Waals surface area contributed by atoms with Gasteiger partial charge in [0.25, 0.3) is 0 Å². The van der Waals surface area contributed by atoms with Crippen LogP contribution in [0.2, 0.25) is 0 Å². The Morgan fingerprint density at radius 3 is 2.60 bits per heavy atom. The van der Waals surface area contributed by atoms with Crippen LogP contribution in [0, 0.1) is 5.82 Å². The molecule has 0 bridgehead atoms. The molecule has 0 fully saturated rings. The molecule has 5 heteroatoms. The Morgan fingerprint density at radius 1 is 1.12 bits per heavy atom. The van der Waals surface area contributed by atoms with Gasteiger partial charge in [0.05, 0.1) is 5.52 Å². The predicted octanol–water partition coefficient (Wildman–Crippen LogP) is 4.58. The molecule has 126 valence electrons. The molecule has 3 aromatic rings. The molecule has 0 saturated heterocycles. The SMILES string of the molecule is C/C=C(\C=N/C)c1nc(NC)c2ccc(-c3cccc(F)c3)cc2n1. The third-order valence-corrected chi connectivity index (χ3v) is 3.93. The molecule has 25 heavy (non-hydrogen) atoms. The van der Waals surface area contributed by atoms with Gasteiger partial charge in [-0.25, -0.2) is 14.4 Å². The van der Waals surface area contributed by atoms with Gasteiger partial charge in [0.15, 0.2) is 5.82 Å². The Labute approximate surface area is 146 Å². The average molecular weight is 334 g/mol. The molecular weight excluding hydrogens is 315 g/mol. The minimum absolute atomic E-state index is 0.257. The number of hydrogen-bond acceptors (Lipinski definition) is 4. The summed E-state index contributed by atoms with van der Waals surface area (Å²) in [4.78, 5) is 13.3. The van der Waals surface area contributed by atoms with Gasteiger partial charge in [0, 0.05) is 31.3 Å². The molecule has 0 saturated carbocycles. The number of halogens is 1. The number of aliphatic imine (C=N–C) groups is 1. The van der Waals surface area contributed by atoms with Crippen LogP contribution in [-0.2, 0) is 0 Å². The molecule has 0 spiro atoms. The van der Waals surface area contributed by atoms with Crippen molar-refractivity contribution < 1.29 is 4.39 Å². The lowest BCUT2D eigenvalue weighted by Crippen LogP contribution is -2.02. The van der Waals surface area contributed by atoms with E-state index in [1.54, 1.807) is 19.3 Å². The van der Waals surface area contributed by atoms with E-state index in [1.807, 2.05) is 44.3 Å². The fraction of sp³-hybridized carbons (Fsp3) is 0.150. The zero-order chi connectivity index (χ0) is 17.8. The second-order valence-electron chi connectivity index (χ2n) is 5.52. The van der Waals surface area contributed by atoms with Crippen molar-refractivity contribution in [3.05, 3.63) is 60.2 Å². The summed E-state index contributed by atoms with van der Waals surface area (Å²) in [6, 6.07) is 12.4. The van der Waals surface area contributed by atoms with E-state index in [0.29, 0.717) is 5.82 Å². The number of aromatic nitrogens is 2. The van der Waals surface area contributed by atoms with Gasteiger partial charge in [-0.1, -0.05) is 24.3 Å². The highest BCUT2D eigenvalue weighted by Crippen LogP contribution is 2.28. The van der Waals surface area contributed by atoms with E-state index in [1.165, 1.54) is 12.1 Å². The van der Waals surface area contributed by atoms with Crippen molar-refractivity contribution >= 4 is 28.5 Å². The first-order valence-corrected chi connectivity index (χ1v) is 8.00. The van der Waals surface area contributed by atoms with Gasteiger partial charge >= 0.3 is 0 Å². The van der Waals surface area contributed by atoms with Crippen LogP contribution in [0.3, 0.4) is 0 Å². The van der Waals surface area contributed by atoms with Crippen molar-refractivity contribution in [1.29, 1.82) is 0 Å². The number of benzene rings is 2. The number of nitrogens with zero attached hydrogens (tertiary/aromatic N) is 3. The lowest BCUT2D eigenvalue weighted by molar-refractivity contribution is 0.628. The molecule has 0 atom stereocenters. The van der Waals surface area contributed by atoms with Crippen LogP contribution >= 0.6 is 0 Å². The topological polar surface area (TPSA) is 50.2 Å². The van der Waals surface area contributed by atoms with Gasteiger partial charge in [0.1, 0.15) is 11.6 Å². The summed E-state index contributed by atoms with van der Waals surface area (Å²) in [5.41, 5.74) is 3.36. The summed E-state index contributed by atoms with van der Waals surface area (Å²) < 4.78 is 13.5. The zero-order valence-electron chi connectivity index (χ0n) is 14.4. The standard InChI is InChI=1S/C20H19FN4/c1-4-13(12-22-2)19-24-18-11-15(14-6-5-7-16(21)10-14)8-9-17(18)20(23-3)25-19/h4-12H,1-3H3,(H,23,24,25)/b13-4+,22-12-. The summed E-state index contributed by atoms with van der Waals surface area (Å²) >= 11 is 0. The van der Waals surface area contributed by atoms with Crippen LogP contribution in [0.5, 0.6) is 0 Å². The normalized spacial score (nSPS) is 12.1. The highest BCUT2D eigenvalue weighted by atomic mass is 19.1. The van der Waals surface area contributed by atoms with Gasteiger partial charge in [0.2, 0.25) is 0 Å². The van der Waals surface area contributed by atoms with Crippen LogP contribution in [0.4, 0.5) is 10.2 Å². The summed E-state index contributed by atoms with van der Waals surface area (Å²) in [6.45, 7) is 1.92. The first-order chi connectivity index (χ1) is 12.2. The second-order valence-corrected chi connectivity index (χ2v) is 5.52. The molecule has 0 amide bonds. The van der Waals surface area contributed by atoms with E-state index in [2.05, 4.69) is 20.3 Å². The van der Waals surface area contributed by atoms with Crippen LogP contribution < -0.4 is 5.32 Å². The van der Waals surface area contributed by atoms with Gasteiger partial charge < -0.3 is 5.32 Å². The molecule has 2 aromatic carbocycles. The molecular formula is C20H19FN4. The van der Waals surface area contributed by atoms with Crippen molar-refractivity contribution in [2.45, 2.75) is 6.92 Å². The third-order valence-electron chi connectivity index (χ3n) is 3.93. The summed E-state index contributed by atoms with van der Waals surface area (Å²) in [7, 11) is 3.54. The Kier molecular flexibility index (Phi) is 4.84. The Bertz CT molecular complexity index is 977. The largest absolute Gasteiger partial charge is 0.373 e. The lowest BCUT2D eigenvalue weighted by Gasteiger charge is -2.10. The fourth-order valence-corrected chi connectivity index (χ4v) is 2.70. The number of anilines is 1. The maximum absolute atomic E-state index is 13.5. The number of hydrogen-bond donors (Lipinski definition) is 1. The number of rotatable bonds is 4. The van der Waals surface area contributed by atoms with Crippen molar-refractivity contribution in [3.8, 4) is 11.1 Å². The van der Waals surface area contributed by atoms with E-state index in [4.69, 9.17) is 0 Å². The molecule has 4 nitrogen and oxygen atoms in total. The zero-order valence-corrected chi connectivity index (χ0v) is 14.4. The number of allylic oxidation sites excluding steroid dienone is 2. The van der Waals surface area contributed by atoms with Gasteiger partial charge in [-0.15, -0.1) is 0 Å². The molecule has 0 aliphatic heterocycles. The first kappa shape index (κ1) is 16.8. The lowest BCUT2D eigenvalue weighted by atomic mass is 10.0. The monoisotopic (exact) mass is 334 g/mol. The van der Waals surface area contributed by atoms with Crippen LogP contribution in [0.1, 0.15) is 12.7 Å². The van der Waals surface area contributed by atoms with Crippen LogP contribution in [-0.4, -0.2) is 30.3 Å². The molecule has 0 unspecified atom stereocenters. The van der Waals surface area contributed by atoms with E-state index in [9.17, 15) is 4.39 Å². The Morgan fingerprint density at radius 2 is 1.92 bits per heavy atom. The van der Waals surface area contributed by atoms with Crippen molar-refractivity contribution in [3.63, 3.8) is 0 Å². The minimum atomic E-state index is -0.257. The Hall–Kier alpha value is -3.08. The Balaban J connectivity index is 2.20.